The van der Waals surface area contributed by atoms with Crippen molar-refractivity contribution in [2.75, 3.05) is 0 Å². The van der Waals surface area contributed by atoms with Crippen molar-refractivity contribution >= 4 is 27.8 Å². The lowest BCUT2D eigenvalue weighted by Crippen LogP contribution is -2.30. The van der Waals surface area contributed by atoms with Crippen LogP contribution in [0.2, 0.25) is 0 Å². The van der Waals surface area contributed by atoms with Crippen LogP contribution in [-0.2, 0) is 4.79 Å². The average molecular weight is 362 g/mol. The molecule has 0 radical (unpaired) electrons. The number of rotatable bonds is 5. The number of carbonyl (C=O) groups is 2. The summed E-state index contributed by atoms with van der Waals surface area (Å²) >= 11 is 3.33. The average Bonchev–Trinajstić information content (AvgIpc) is 2.47. The Morgan fingerprint density at radius 2 is 1.77 bits per heavy atom. The maximum atomic E-state index is 12.4. The molecule has 0 saturated carbocycles. The van der Waals surface area contributed by atoms with Gasteiger partial charge in [0.25, 0.3) is 5.91 Å². The lowest BCUT2D eigenvalue weighted by molar-refractivity contribution is -0.137. The van der Waals surface area contributed by atoms with Crippen LogP contribution in [0, 0.1) is 6.92 Å². The van der Waals surface area contributed by atoms with E-state index in [2.05, 4.69) is 21.2 Å². The molecule has 0 unspecified atom stereocenters. The van der Waals surface area contributed by atoms with Gasteiger partial charge in [0.1, 0.15) is 0 Å². The van der Waals surface area contributed by atoms with Crippen LogP contribution in [0.15, 0.2) is 53.0 Å². The molecular formula is C17H16BrNO3. The number of aryl methyl sites for hydroxylation is 1. The Morgan fingerprint density at radius 3 is 2.36 bits per heavy atom. The standard InChI is InChI=1S/C17H16BrNO3/c1-11-6-8-12(9-7-11)15(10-16(20)21)19-17(22)13-4-2-3-5-14(13)18/h2-9,15H,10H2,1H3,(H,19,22)(H,20,21)/t15-/m1/s1. The molecule has 114 valence electrons. The van der Waals surface area contributed by atoms with Crippen molar-refractivity contribution in [3.8, 4) is 0 Å². The summed E-state index contributed by atoms with van der Waals surface area (Å²) in [6, 6.07) is 13.9. The number of nitrogens with one attached hydrogen (secondary N) is 1. The van der Waals surface area contributed by atoms with Gasteiger partial charge in [-0.3, -0.25) is 9.59 Å². The Morgan fingerprint density at radius 1 is 1.14 bits per heavy atom. The molecule has 0 saturated heterocycles. The number of amides is 1. The third-order valence-electron chi connectivity index (χ3n) is 3.28. The number of carboxylic acids is 1. The predicted octanol–water partition coefficient (Wildman–Crippen LogP) is 3.70. The molecule has 4 nitrogen and oxygen atoms in total. The van der Waals surface area contributed by atoms with Crippen molar-refractivity contribution < 1.29 is 14.7 Å². The fourth-order valence-electron chi connectivity index (χ4n) is 2.11. The second kappa shape index (κ2) is 7.22. The van der Waals surface area contributed by atoms with Crippen molar-refractivity contribution in [3.05, 3.63) is 69.7 Å². The number of carbonyl (C=O) groups excluding carboxylic acids is 1. The van der Waals surface area contributed by atoms with Crippen LogP contribution < -0.4 is 5.32 Å². The minimum absolute atomic E-state index is 0.167. The van der Waals surface area contributed by atoms with Gasteiger partial charge in [-0.1, -0.05) is 42.0 Å². The maximum absolute atomic E-state index is 12.4. The van der Waals surface area contributed by atoms with E-state index in [1.807, 2.05) is 37.3 Å². The van der Waals surface area contributed by atoms with Gasteiger partial charge in [-0.15, -0.1) is 0 Å². The molecule has 0 spiro atoms. The van der Waals surface area contributed by atoms with Crippen molar-refractivity contribution in [2.45, 2.75) is 19.4 Å². The van der Waals surface area contributed by atoms with Crippen LogP contribution in [0.4, 0.5) is 0 Å². The largest absolute Gasteiger partial charge is 0.481 e. The van der Waals surface area contributed by atoms with Crippen molar-refractivity contribution in [1.82, 2.24) is 5.32 Å². The highest BCUT2D eigenvalue weighted by molar-refractivity contribution is 9.10. The Labute approximate surface area is 137 Å². The van der Waals surface area contributed by atoms with Crippen LogP contribution in [0.1, 0.15) is 33.9 Å². The van der Waals surface area contributed by atoms with E-state index in [0.717, 1.165) is 11.1 Å². The van der Waals surface area contributed by atoms with E-state index in [4.69, 9.17) is 5.11 Å². The molecule has 0 bridgehead atoms. The topological polar surface area (TPSA) is 66.4 Å². The summed E-state index contributed by atoms with van der Waals surface area (Å²) in [4.78, 5) is 23.4. The highest BCUT2D eigenvalue weighted by Crippen LogP contribution is 2.21. The van der Waals surface area contributed by atoms with E-state index < -0.39 is 12.0 Å². The Balaban J connectivity index is 2.23. The Hall–Kier alpha value is -2.14. The number of halogens is 1. The summed E-state index contributed by atoms with van der Waals surface area (Å²) in [5, 5.41) is 11.9. The zero-order valence-electron chi connectivity index (χ0n) is 12.0. The second-order valence-electron chi connectivity index (χ2n) is 5.01. The summed E-state index contributed by atoms with van der Waals surface area (Å²) in [6.07, 6.45) is -0.167. The van der Waals surface area contributed by atoms with E-state index >= 15 is 0 Å². The minimum atomic E-state index is -0.960. The van der Waals surface area contributed by atoms with Crippen molar-refractivity contribution in [3.63, 3.8) is 0 Å². The Bertz CT molecular complexity index is 683. The predicted molar refractivity (Wildman–Crippen MR) is 87.8 cm³/mol. The SMILES string of the molecule is Cc1ccc([C@@H](CC(=O)O)NC(=O)c2ccccc2Br)cc1. The molecule has 2 aromatic rings. The van der Waals surface area contributed by atoms with Gasteiger partial charge in [-0.2, -0.15) is 0 Å². The van der Waals surface area contributed by atoms with E-state index in [9.17, 15) is 9.59 Å². The van der Waals surface area contributed by atoms with Crippen LogP contribution in [0.25, 0.3) is 0 Å². The molecule has 0 aliphatic rings. The van der Waals surface area contributed by atoms with Crippen molar-refractivity contribution in [1.29, 1.82) is 0 Å². The van der Waals surface area contributed by atoms with Gasteiger partial charge in [0.2, 0.25) is 0 Å². The van der Waals surface area contributed by atoms with Gasteiger partial charge in [-0.25, -0.2) is 0 Å². The smallest absolute Gasteiger partial charge is 0.305 e. The first-order valence-electron chi connectivity index (χ1n) is 6.81. The molecule has 2 rings (SSSR count). The summed E-state index contributed by atoms with van der Waals surface area (Å²) < 4.78 is 0.672. The third-order valence-corrected chi connectivity index (χ3v) is 3.97. The van der Waals surface area contributed by atoms with E-state index in [1.54, 1.807) is 18.2 Å². The molecule has 0 heterocycles. The fourth-order valence-corrected chi connectivity index (χ4v) is 2.57. The van der Waals surface area contributed by atoms with Gasteiger partial charge in [0, 0.05) is 4.47 Å². The summed E-state index contributed by atoms with van der Waals surface area (Å²) in [5.41, 5.74) is 2.33. The number of hydrogen-bond donors (Lipinski definition) is 2. The second-order valence-corrected chi connectivity index (χ2v) is 5.87. The summed E-state index contributed by atoms with van der Waals surface area (Å²) in [5.74, 6) is -1.27. The number of benzene rings is 2. The molecule has 1 amide bonds. The van der Waals surface area contributed by atoms with Crippen LogP contribution in [0.5, 0.6) is 0 Å². The molecule has 1 atom stereocenters. The summed E-state index contributed by atoms with van der Waals surface area (Å²) in [7, 11) is 0. The molecule has 0 aliphatic carbocycles. The highest BCUT2D eigenvalue weighted by atomic mass is 79.9. The molecule has 5 heteroatoms. The van der Waals surface area contributed by atoms with Crippen LogP contribution in [0.3, 0.4) is 0 Å². The minimum Gasteiger partial charge on any atom is -0.481 e. The van der Waals surface area contributed by atoms with E-state index in [0.29, 0.717) is 10.0 Å². The molecule has 22 heavy (non-hydrogen) atoms. The van der Waals surface area contributed by atoms with Gasteiger partial charge in [0.15, 0.2) is 0 Å². The molecule has 0 fully saturated rings. The number of hydrogen-bond acceptors (Lipinski definition) is 2. The third kappa shape index (κ3) is 4.18. The van der Waals surface area contributed by atoms with E-state index in [1.165, 1.54) is 0 Å². The molecule has 0 aromatic heterocycles. The van der Waals surface area contributed by atoms with Crippen molar-refractivity contribution in [2.24, 2.45) is 0 Å². The first-order chi connectivity index (χ1) is 10.5. The Kier molecular flexibility index (Phi) is 5.33. The maximum Gasteiger partial charge on any atom is 0.305 e. The monoisotopic (exact) mass is 361 g/mol. The number of carboxylic acid groups (broad SMARTS) is 1. The zero-order chi connectivity index (χ0) is 16.1. The van der Waals surface area contributed by atoms with Gasteiger partial charge in [-0.05, 0) is 40.5 Å². The molecule has 2 aromatic carbocycles. The fraction of sp³-hybridized carbons (Fsp3) is 0.176. The number of aliphatic carboxylic acids is 1. The summed E-state index contributed by atoms with van der Waals surface area (Å²) in [6.45, 7) is 1.95. The normalized spacial score (nSPS) is 11.7. The van der Waals surface area contributed by atoms with E-state index in [-0.39, 0.29) is 12.3 Å². The molecule has 0 aliphatic heterocycles. The lowest BCUT2D eigenvalue weighted by Gasteiger charge is -2.18. The first-order valence-corrected chi connectivity index (χ1v) is 7.60. The molecule has 2 N–H and O–H groups in total. The zero-order valence-corrected chi connectivity index (χ0v) is 13.6. The first kappa shape index (κ1) is 16.2. The van der Waals surface area contributed by atoms with Gasteiger partial charge in [0.05, 0.1) is 18.0 Å². The van der Waals surface area contributed by atoms with Gasteiger partial charge >= 0.3 is 5.97 Å². The van der Waals surface area contributed by atoms with Crippen LogP contribution in [-0.4, -0.2) is 17.0 Å². The van der Waals surface area contributed by atoms with Gasteiger partial charge < -0.3 is 10.4 Å². The quantitative estimate of drug-likeness (QED) is 0.852. The van der Waals surface area contributed by atoms with Crippen LogP contribution >= 0.6 is 15.9 Å². The lowest BCUT2D eigenvalue weighted by atomic mass is 10.0. The highest BCUT2D eigenvalue weighted by Gasteiger charge is 2.19. The molecular weight excluding hydrogens is 346 g/mol.